The van der Waals surface area contributed by atoms with Crippen LogP contribution in [0.1, 0.15) is 258 Å². The summed E-state index contributed by atoms with van der Waals surface area (Å²) in [6, 6.07) is 0. The summed E-state index contributed by atoms with van der Waals surface area (Å²) >= 11 is 0. The quantitative estimate of drug-likeness (QED) is 0.0266. The van der Waals surface area contributed by atoms with E-state index in [0.29, 0.717) is 19.3 Å². The topological polar surface area (TPSA) is 78.9 Å². The first-order valence-electron chi connectivity index (χ1n) is 23.7. The van der Waals surface area contributed by atoms with Crippen molar-refractivity contribution >= 4 is 17.9 Å². The monoisotopic (exact) mass is 763 g/mol. The molecule has 0 aromatic heterocycles. The molecule has 0 radical (unpaired) electrons. The van der Waals surface area contributed by atoms with E-state index in [2.05, 4.69) is 32.9 Å². The lowest BCUT2D eigenvalue weighted by molar-refractivity contribution is -0.167. The van der Waals surface area contributed by atoms with Gasteiger partial charge >= 0.3 is 17.9 Å². The third kappa shape index (κ3) is 41.3. The molecule has 0 aromatic carbocycles. The van der Waals surface area contributed by atoms with Crippen molar-refractivity contribution in [3.05, 3.63) is 12.2 Å². The van der Waals surface area contributed by atoms with Crippen LogP contribution in [0.2, 0.25) is 0 Å². The summed E-state index contributed by atoms with van der Waals surface area (Å²) in [5, 5.41) is 0. The van der Waals surface area contributed by atoms with Gasteiger partial charge in [0, 0.05) is 19.3 Å². The molecule has 6 nitrogen and oxygen atoms in total. The average molecular weight is 763 g/mol. The molecule has 54 heavy (non-hydrogen) atoms. The Kier molecular flexibility index (Phi) is 42.4. The number of carbonyl (C=O) groups excluding carboxylic acids is 3. The fourth-order valence-electron chi connectivity index (χ4n) is 6.89. The number of hydrogen-bond acceptors (Lipinski definition) is 6. The van der Waals surface area contributed by atoms with Gasteiger partial charge in [-0.05, 0) is 38.5 Å². The number of ether oxygens (including phenoxy) is 3. The van der Waals surface area contributed by atoms with E-state index in [1.807, 2.05) is 0 Å². The van der Waals surface area contributed by atoms with E-state index < -0.39 is 6.10 Å². The zero-order chi connectivity index (χ0) is 39.4. The normalized spacial score (nSPS) is 12.0. The summed E-state index contributed by atoms with van der Waals surface area (Å²) in [4.78, 5) is 37.6. The molecular formula is C48H90O6. The summed E-state index contributed by atoms with van der Waals surface area (Å²) in [6.07, 6.45) is 46.4. The van der Waals surface area contributed by atoms with Crippen molar-refractivity contribution in [3.63, 3.8) is 0 Å². The average Bonchev–Trinajstić information content (AvgIpc) is 3.17. The molecule has 0 bridgehead atoms. The van der Waals surface area contributed by atoms with Crippen molar-refractivity contribution in [2.45, 2.75) is 264 Å². The first-order chi connectivity index (χ1) is 26.5. The molecule has 0 aliphatic heterocycles. The highest BCUT2D eigenvalue weighted by molar-refractivity contribution is 5.71. The largest absolute Gasteiger partial charge is 0.462 e. The van der Waals surface area contributed by atoms with E-state index in [0.717, 1.165) is 64.2 Å². The number of hydrogen-bond donors (Lipinski definition) is 0. The number of allylic oxidation sites excluding steroid dienone is 2. The van der Waals surface area contributed by atoms with E-state index in [-0.39, 0.29) is 31.1 Å². The molecule has 0 aliphatic rings. The fraction of sp³-hybridized carbons (Fsp3) is 0.896. The lowest BCUT2D eigenvalue weighted by atomic mass is 10.0. The van der Waals surface area contributed by atoms with Crippen LogP contribution in [0.15, 0.2) is 12.2 Å². The standard InChI is InChI=1S/C48H90O6/c1-4-7-10-13-16-18-20-21-22-23-24-25-26-28-29-32-35-38-41-47(50)53-44-45(43-52-46(49)40-37-34-31-15-12-9-6-3)54-48(51)42-39-36-33-30-27-19-17-14-11-8-5-2/h14,17,45H,4-13,15-16,18-44H2,1-3H3/b17-14-. The molecule has 1 atom stereocenters. The smallest absolute Gasteiger partial charge is 0.306 e. The molecule has 0 saturated heterocycles. The Morgan fingerprint density at radius 3 is 0.981 bits per heavy atom. The van der Waals surface area contributed by atoms with Gasteiger partial charge in [0.05, 0.1) is 0 Å². The van der Waals surface area contributed by atoms with Crippen LogP contribution in [-0.2, 0) is 28.6 Å². The highest BCUT2D eigenvalue weighted by Crippen LogP contribution is 2.16. The summed E-state index contributed by atoms with van der Waals surface area (Å²) in [6.45, 7) is 6.57. The van der Waals surface area contributed by atoms with Crippen molar-refractivity contribution in [1.29, 1.82) is 0 Å². The Morgan fingerprint density at radius 1 is 0.352 bits per heavy atom. The molecule has 0 rings (SSSR count). The molecule has 0 N–H and O–H groups in total. The summed E-state index contributed by atoms with van der Waals surface area (Å²) in [7, 11) is 0. The predicted molar refractivity (Wildman–Crippen MR) is 229 cm³/mol. The van der Waals surface area contributed by atoms with E-state index in [1.165, 1.54) is 154 Å². The molecule has 6 heteroatoms. The number of unbranched alkanes of at least 4 members (excludes halogenated alkanes) is 30. The van der Waals surface area contributed by atoms with Crippen LogP contribution in [0.5, 0.6) is 0 Å². The van der Waals surface area contributed by atoms with E-state index in [4.69, 9.17) is 14.2 Å². The predicted octanol–water partition coefficient (Wildman–Crippen LogP) is 15.0. The first-order valence-corrected chi connectivity index (χ1v) is 23.7. The second kappa shape index (κ2) is 43.9. The number of carbonyl (C=O) groups is 3. The molecule has 0 heterocycles. The molecule has 318 valence electrons. The van der Waals surface area contributed by atoms with E-state index in [9.17, 15) is 14.4 Å². The van der Waals surface area contributed by atoms with Gasteiger partial charge in [0.15, 0.2) is 6.10 Å². The number of rotatable bonds is 43. The van der Waals surface area contributed by atoms with Crippen LogP contribution in [0.4, 0.5) is 0 Å². The molecule has 0 aliphatic carbocycles. The maximum atomic E-state index is 12.7. The minimum Gasteiger partial charge on any atom is -0.462 e. The summed E-state index contributed by atoms with van der Waals surface area (Å²) < 4.78 is 16.7. The van der Waals surface area contributed by atoms with Crippen LogP contribution in [0, 0.1) is 0 Å². The molecular weight excluding hydrogens is 673 g/mol. The van der Waals surface area contributed by atoms with Gasteiger partial charge in [-0.1, -0.05) is 213 Å². The lowest BCUT2D eigenvalue weighted by Gasteiger charge is -2.18. The Balaban J connectivity index is 4.19. The van der Waals surface area contributed by atoms with Gasteiger partial charge in [-0.25, -0.2) is 0 Å². The summed E-state index contributed by atoms with van der Waals surface area (Å²) in [5.41, 5.74) is 0. The number of esters is 3. The highest BCUT2D eigenvalue weighted by atomic mass is 16.6. The molecule has 0 amide bonds. The van der Waals surface area contributed by atoms with Gasteiger partial charge in [0.25, 0.3) is 0 Å². The van der Waals surface area contributed by atoms with Gasteiger partial charge in [-0.3, -0.25) is 14.4 Å². The zero-order valence-electron chi connectivity index (χ0n) is 36.3. The molecule has 0 saturated carbocycles. The van der Waals surface area contributed by atoms with Crippen LogP contribution < -0.4 is 0 Å². The van der Waals surface area contributed by atoms with Crippen molar-refractivity contribution in [2.75, 3.05) is 13.2 Å². The fourth-order valence-corrected chi connectivity index (χ4v) is 6.89. The van der Waals surface area contributed by atoms with Crippen LogP contribution in [0.3, 0.4) is 0 Å². The zero-order valence-corrected chi connectivity index (χ0v) is 36.3. The highest BCUT2D eigenvalue weighted by Gasteiger charge is 2.19. The van der Waals surface area contributed by atoms with Crippen LogP contribution in [0.25, 0.3) is 0 Å². The SMILES string of the molecule is CCCC/C=C\CCCCCCCC(=O)OC(COC(=O)CCCCCCCCC)COC(=O)CCCCCCCCCCCCCCCCCCCC. The van der Waals surface area contributed by atoms with Gasteiger partial charge in [-0.2, -0.15) is 0 Å². The van der Waals surface area contributed by atoms with E-state index in [1.54, 1.807) is 0 Å². The van der Waals surface area contributed by atoms with Crippen molar-refractivity contribution in [2.24, 2.45) is 0 Å². The molecule has 0 aromatic rings. The first kappa shape index (κ1) is 52.2. The Morgan fingerprint density at radius 2 is 0.630 bits per heavy atom. The Bertz CT molecular complexity index is 839. The molecule has 1 unspecified atom stereocenters. The summed E-state index contributed by atoms with van der Waals surface area (Å²) in [5.74, 6) is -0.876. The third-order valence-corrected chi connectivity index (χ3v) is 10.5. The second-order valence-corrected chi connectivity index (χ2v) is 16.0. The maximum Gasteiger partial charge on any atom is 0.306 e. The molecule has 0 spiro atoms. The minimum absolute atomic E-state index is 0.0693. The lowest BCUT2D eigenvalue weighted by Crippen LogP contribution is -2.30. The van der Waals surface area contributed by atoms with Gasteiger partial charge < -0.3 is 14.2 Å². The van der Waals surface area contributed by atoms with Gasteiger partial charge in [-0.15, -0.1) is 0 Å². The minimum atomic E-state index is -0.765. The molecule has 0 fully saturated rings. The Labute approximate surface area is 335 Å². The maximum absolute atomic E-state index is 12.7. The van der Waals surface area contributed by atoms with Crippen molar-refractivity contribution in [1.82, 2.24) is 0 Å². The second-order valence-electron chi connectivity index (χ2n) is 16.0. The van der Waals surface area contributed by atoms with Crippen molar-refractivity contribution in [3.8, 4) is 0 Å². The van der Waals surface area contributed by atoms with Gasteiger partial charge in [0.1, 0.15) is 13.2 Å². The Hall–Kier alpha value is -1.85. The third-order valence-electron chi connectivity index (χ3n) is 10.5. The van der Waals surface area contributed by atoms with Gasteiger partial charge in [0.2, 0.25) is 0 Å². The van der Waals surface area contributed by atoms with Crippen molar-refractivity contribution < 1.29 is 28.6 Å². The van der Waals surface area contributed by atoms with Crippen LogP contribution >= 0.6 is 0 Å². The van der Waals surface area contributed by atoms with Crippen LogP contribution in [-0.4, -0.2) is 37.2 Å². The van der Waals surface area contributed by atoms with E-state index >= 15 is 0 Å².